The summed E-state index contributed by atoms with van der Waals surface area (Å²) in [5.74, 6) is 3.29. The highest BCUT2D eigenvalue weighted by molar-refractivity contribution is 5.29. The van der Waals surface area contributed by atoms with Gasteiger partial charge >= 0.3 is 0 Å². The smallest absolute Gasteiger partial charge is 0.0701 e. The quantitative estimate of drug-likeness (QED) is 0.588. The van der Waals surface area contributed by atoms with Gasteiger partial charge in [0.25, 0.3) is 0 Å². The minimum atomic E-state index is -0.0953. The van der Waals surface area contributed by atoms with E-state index in [9.17, 15) is 5.11 Å². The molecule has 0 amide bonds. The van der Waals surface area contributed by atoms with E-state index in [4.69, 9.17) is 15.6 Å². The highest BCUT2D eigenvalue weighted by atomic mass is 16.5. The third-order valence-electron chi connectivity index (χ3n) is 11.9. The third-order valence-corrected chi connectivity index (χ3v) is 11.9. The fraction of sp³-hybridized carbons (Fsp3) is 1.00. The van der Waals surface area contributed by atoms with E-state index in [-0.39, 0.29) is 12.9 Å². The molecule has 10 atom stereocenters. The zero-order valence-corrected chi connectivity index (χ0v) is 19.7. The molecule has 5 aliphatic carbocycles. The van der Waals surface area contributed by atoms with Crippen LogP contribution in [-0.2, 0) is 4.74 Å². The predicted octanol–water partition coefficient (Wildman–Crippen LogP) is 4.37. The Morgan fingerprint density at radius 1 is 0.900 bits per heavy atom. The molecule has 6 rings (SSSR count). The number of nitrogens with two attached hydrogens (primary N) is 1. The van der Waals surface area contributed by atoms with Crippen LogP contribution in [0.15, 0.2) is 0 Å². The summed E-state index contributed by atoms with van der Waals surface area (Å²) in [4.78, 5) is 0. The summed E-state index contributed by atoms with van der Waals surface area (Å²) in [6, 6.07) is 0. The van der Waals surface area contributed by atoms with Crippen molar-refractivity contribution in [2.75, 3.05) is 13.7 Å². The van der Waals surface area contributed by atoms with E-state index in [2.05, 4.69) is 20.8 Å². The van der Waals surface area contributed by atoms with Crippen LogP contribution >= 0.6 is 0 Å². The zero-order valence-electron chi connectivity index (χ0n) is 19.7. The van der Waals surface area contributed by atoms with Crippen molar-refractivity contribution >= 4 is 0 Å². The molecular weight excluding hydrogens is 374 g/mol. The Bertz CT molecular complexity index is 688. The maximum Gasteiger partial charge on any atom is 0.0701 e. The van der Waals surface area contributed by atoms with Gasteiger partial charge in [-0.05, 0) is 110 Å². The van der Waals surface area contributed by atoms with Crippen LogP contribution in [0, 0.1) is 45.3 Å². The summed E-state index contributed by atoms with van der Waals surface area (Å²) in [7, 11) is 1.00. The molecule has 1 aliphatic heterocycles. The first-order chi connectivity index (χ1) is 14.3. The van der Waals surface area contributed by atoms with Crippen LogP contribution in [-0.4, -0.2) is 42.2 Å². The number of hydrogen-bond donors (Lipinski definition) is 3. The molecule has 6 aliphatic rings. The number of fused-ring (bicyclic) bond motifs is 4. The normalized spacial score (nSPS) is 57.5. The fourth-order valence-electron chi connectivity index (χ4n) is 10.5. The van der Waals surface area contributed by atoms with Gasteiger partial charge in [-0.1, -0.05) is 20.8 Å². The van der Waals surface area contributed by atoms with Crippen molar-refractivity contribution in [3.63, 3.8) is 0 Å². The first kappa shape index (κ1) is 21.7. The molecule has 1 heterocycles. The standard InChI is InChI=1S/C25H41NO2.CH4O.H2/c1-22(2)20-7-6-16-18-12-19-17(5-4-15(13-26)28-19)23(18,3)10-11-24(16)14-25(20,24)9-8-21(22)27;1-2;/h15-21,27H,4-14,26H2,1-3H3;2H,1H3;1H/t15?,16?,17?,18?,19?,20?,21-,23?,24-,25?;;/m0../s1. The van der Waals surface area contributed by atoms with Crippen LogP contribution in [0.2, 0.25) is 0 Å². The first-order valence-electron chi connectivity index (χ1n) is 12.8. The molecule has 4 heteroatoms. The van der Waals surface area contributed by atoms with E-state index in [1.54, 1.807) is 0 Å². The predicted molar refractivity (Wildman–Crippen MR) is 121 cm³/mol. The molecule has 5 saturated carbocycles. The van der Waals surface area contributed by atoms with Crippen LogP contribution in [0.5, 0.6) is 0 Å². The maximum absolute atomic E-state index is 10.8. The Hall–Kier alpha value is -0.160. The van der Waals surface area contributed by atoms with Gasteiger partial charge in [0.2, 0.25) is 0 Å². The molecule has 0 bridgehead atoms. The van der Waals surface area contributed by atoms with Crippen molar-refractivity contribution < 1.29 is 16.4 Å². The second-order valence-electron chi connectivity index (χ2n) is 12.7. The van der Waals surface area contributed by atoms with Gasteiger partial charge in [-0.3, -0.25) is 0 Å². The molecule has 174 valence electrons. The summed E-state index contributed by atoms with van der Waals surface area (Å²) in [5, 5.41) is 17.8. The lowest BCUT2D eigenvalue weighted by atomic mass is 9.46. The monoisotopic (exact) mass is 421 g/mol. The van der Waals surface area contributed by atoms with E-state index >= 15 is 0 Å². The Balaban J connectivity index is 0.000000750. The van der Waals surface area contributed by atoms with Gasteiger partial charge in [-0.2, -0.15) is 0 Å². The molecule has 8 unspecified atom stereocenters. The maximum atomic E-state index is 10.8. The van der Waals surface area contributed by atoms with Gasteiger partial charge in [0, 0.05) is 15.1 Å². The Morgan fingerprint density at radius 2 is 1.63 bits per heavy atom. The van der Waals surface area contributed by atoms with Gasteiger partial charge < -0.3 is 20.7 Å². The second kappa shape index (κ2) is 6.92. The molecule has 0 radical (unpaired) electrons. The lowest BCUT2D eigenvalue weighted by Crippen LogP contribution is -2.54. The molecule has 4 nitrogen and oxygen atoms in total. The highest BCUT2D eigenvalue weighted by Crippen LogP contribution is 2.87. The average Bonchev–Trinajstić information content (AvgIpc) is 3.33. The van der Waals surface area contributed by atoms with Crippen molar-refractivity contribution in [1.82, 2.24) is 0 Å². The van der Waals surface area contributed by atoms with Crippen LogP contribution in [0.25, 0.3) is 0 Å². The topological polar surface area (TPSA) is 75.7 Å². The first-order valence-corrected chi connectivity index (χ1v) is 12.8. The minimum Gasteiger partial charge on any atom is -0.400 e. The van der Waals surface area contributed by atoms with Gasteiger partial charge in [0.05, 0.1) is 18.3 Å². The number of hydrogen-bond acceptors (Lipinski definition) is 4. The van der Waals surface area contributed by atoms with E-state index in [1.807, 2.05) is 0 Å². The molecule has 0 aromatic carbocycles. The van der Waals surface area contributed by atoms with Gasteiger partial charge in [0.15, 0.2) is 0 Å². The van der Waals surface area contributed by atoms with Crippen molar-refractivity contribution in [2.45, 2.75) is 103 Å². The van der Waals surface area contributed by atoms with E-state index < -0.39 is 0 Å². The molecule has 30 heavy (non-hydrogen) atoms. The summed E-state index contributed by atoms with van der Waals surface area (Å²) in [6.45, 7) is 8.07. The summed E-state index contributed by atoms with van der Waals surface area (Å²) >= 11 is 0. The van der Waals surface area contributed by atoms with E-state index in [0.29, 0.717) is 35.0 Å². The second-order valence-corrected chi connectivity index (χ2v) is 12.7. The zero-order chi connectivity index (χ0) is 21.5. The third kappa shape index (κ3) is 2.48. The van der Waals surface area contributed by atoms with Crippen molar-refractivity contribution in [1.29, 1.82) is 0 Å². The summed E-state index contributed by atoms with van der Waals surface area (Å²) in [6.07, 6.45) is 13.9. The molecule has 6 fully saturated rings. The molecule has 0 aromatic heterocycles. The van der Waals surface area contributed by atoms with Gasteiger partial charge in [-0.25, -0.2) is 0 Å². The van der Waals surface area contributed by atoms with Crippen molar-refractivity contribution in [3.8, 4) is 0 Å². The SMILES string of the molecule is CC12CC[C@@]34CC35CC[C@H](O)C(C)(C)C5CCC4C1CC1OC(CN)CCC12.CO.[HH]. The van der Waals surface area contributed by atoms with Crippen LogP contribution < -0.4 is 5.73 Å². The fourth-order valence-corrected chi connectivity index (χ4v) is 10.5. The molecule has 2 spiro atoms. The highest BCUT2D eigenvalue weighted by Gasteiger charge is 2.80. The van der Waals surface area contributed by atoms with E-state index in [1.165, 1.54) is 57.8 Å². The van der Waals surface area contributed by atoms with Gasteiger partial charge in [-0.15, -0.1) is 0 Å². The molecular formula is C26H47NO3. The average molecular weight is 422 g/mol. The Kier molecular flexibility index (Phi) is 5.00. The lowest BCUT2D eigenvalue weighted by molar-refractivity contribution is -0.134. The van der Waals surface area contributed by atoms with E-state index in [0.717, 1.165) is 37.2 Å². The van der Waals surface area contributed by atoms with Crippen LogP contribution in [0.3, 0.4) is 0 Å². The summed E-state index contributed by atoms with van der Waals surface area (Å²) in [5.41, 5.74) is 7.74. The van der Waals surface area contributed by atoms with Crippen molar-refractivity contribution in [2.24, 2.45) is 51.1 Å². The largest absolute Gasteiger partial charge is 0.400 e. The van der Waals surface area contributed by atoms with Gasteiger partial charge in [0.1, 0.15) is 0 Å². The molecule has 0 aromatic rings. The minimum absolute atomic E-state index is 0. The number of ether oxygens (including phenoxy) is 1. The molecule has 1 saturated heterocycles. The van der Waals surface area contributed by atoms with Crippen LogP contribution in [0.4, 0.5) is 0 Å². The van der Waals surface area contributed by atoms with Crippen LogP contribution in [0.1, 0.15) is 86.4 Å². The summed E-state index contributed by atoms with van der Waals surface area (Å²) < 4.78 is 6.54. The Morgan fingerprint density at radius 3 is 2.37 bits per heavy atom. The number of aliphatic hydroxyl groups is 2. The number of aliphatic hydroxyl groups excluding tert-OH is 2. The molecule has 4 N–H and O–H groups in total. The number of rotatable bonds is 1. The Labute approximate surface area is 184 Å². The lowest BCUT2D eigenvalue weighted by Gasteiger charge is -2.59. The van der Waals surface area contributed by atoms with Crippen molar-refractivity contribution in [3.05, 3.63) is 0 Å².